The predicted molar refractivity (Wildman–Crippen MR) is 146 cm³/mol. The highest BCUT2D eigenvalue weighted by molar-refractivity contribution is 7.48. The normalized spacial score (nSPS) is 13.2. The number of carbonyl (C=O) groups is 1. The number of hydrogen-bond acceptors (Lipinski definition) is 7. The van der Waals surface area contributed by atoms with E-state index in [-0.39, 0.29) is 0 Å². The Morgan fingerprint density at radius 2 is 0.974 bits per heavy atom. The first-order valence-electron chi connectivity index (χ1n) is 11.7. The van der Waals surface area contributed by atoms with E-state index in [0.717, 1.165) is 0 Å². The average Bonchev–Trinajstić information content (AvgIpc) is 2.99. The minimum absolute atomic E-state index is 0.417. The third-order valence-electron chi connectivity index (χ3n) is 5.65. The zero-order valence-corrected chi connectivity index (χ0v) is 22.6. The monoisotopic (exact) mass is 548 g/mol. The molecule has 4 aromatic rings. The number of Topliss-reactive ketones (excluding diaryl/α,β-unsaturated/α-hetero) is 1. The number of methoxy groups -OCH3 is 2. The molecule has 0 saturated heterocycles. The van der Waals surface area contributed by atoms with Gasteiger partial charge in [-0.05, 0) is 68.8 Å². The van der Waals surface area contributed by atoms with Gasteiger partial charge in [0.2, 0.25) is 16.4 Å². The van der Waals surface area contributed by atoms with E-state index < -0.39 is 34.0 Å². The van der Waals surface area contributed by atoms with Crippen LogP contribution in [0.25, 0.3) is 0 Å². The van der Waals surface area contributed by atoms with E-state index in [1.807, 2.05) is 0 Å². The Bertz CT molecular complexity index is 1300. The van der Waals surface area contributed by atoms with Crippen molar-refractivity contribution in [1.82, 2.24) is 0 Å². The molecular formula is C29H26O7P2+2. The number of carbonyl (C=O) groups excluding carboxylic acids is 1. The van der Waals surface area contributed by atoms with Crippen molar-refractivity contribution in [3.8, 4) is 11.5 Å². The predicted octanol–water partition coefficient (Wildman–Crippen LogP) is 6.22. The van der Waals surface area contributed by atoms with Gasteiger partial charge in [-0.3, -0.25) is 4.79 Å². The summed E-state index contributed by atoms with van der Waals surface area (Å²) < 4.78 is 49.0. The Balaban J connectivity index is 1.76. The number of rotatable bonds is 12. The average molecular weight is 548 g/mol. The lowest BCUT2D eigenvalue weighted by Crippen LogP contribution is -2.24. The van der Waals surface area contributed by atoms with Crippen LogP contribution in [-0.2, 0) is 23.0 Å². The Morgan fingerprint density at radius 3 is 1.34 bits per heavy atom. The minimum Gasteiger partial charge on any atom is -0.497 e. The second-order valence-corrected chi connectivity index (χ2v) is 10.6. The van der Waals surface area contributed by atoms with Crippen molar-refractivity contribution in [2.45, 2.75) is 12.2 Å². The van der Waals surface area contributed by atoms with E-state index in [9.17, 15) is 13.9 Å². The van der Waals surface area contributed by atoms with E-state index in [0.29, 0.717) is 33.2 Å². The molecule has 0 aliphatic carbocycles. The van der Waals surface area contributed by atoms with Gasteiger partial charge in [0.15, 0.2) is 12.2 Å². The topological polar surface area (TPSA) is 88.1 Å². The van der Waals surface area contributed by atoms with Crippen LogP contribution in [0.2, 0.25) is 0 Å². The fourth-order valence-corrected chi connectivity index (χ4v) is 5.62. The summed E-state index contributed by atoms with van der Waals surface area (Å²) >= 11 is 0. The molecule has 9 heteroatoms. The lowest BCUT2D eigenvalue weighted by atomic mass is 9.97. The Kier molecular flexibility index (Phi) is 9.47. The summed E-state index contributed by atoms with van der Waals surface area (Å²) in [5.41, 5.74) is 0.833. The number of hydrogen-bond donors (Lipinski definition) is 0. The largest absolute Gasteiger partial charge is 0.549 e. The van der Waals surface area contributed by atoms with E-state index in [1.54, 1.807) is 109 Å². The van der Waals surface area contributed by atoms with Crippen LogP contribution in [-0.4, -0.2) is 20.0 Å². The van der Waals surface area contributed by atoms with Crippen LogP contribution in [0.15, 0.2) is 109 Å². The van der Waals surface area contributed by atoms with E-state index in [1.165, 1.54) is 14.2 Å². The lowest BCUT2D eigenvalue weighted by Gasteiger charge is -2.17. The van der Waals surface area contributed by atoms with Gasteiger partial charge in [0.1, 0.15) is 11.5 Å². The van der Waals surface area contributed by atoms with Crippen LogP contribution in [0.1, 0.15) is 23.3 Å². The highest BCUT2D eigenvalue weighted by Crippen LogP contribution is 2.41. The third kappa shape index (κ3) is 6.77. The first-order valence-corrected chi connectivity index (χ1v) is 14.1. The van der Waals surface area contributed by atoms with Crippen LogP contribution < -0.4 is 20.1 Å². The summed E-state index contributed by atoms with van der Waals surface area (Å²) in [7, 11) is -1.82. The molecule has 7 nitrogen and oxygen atoms in total. The van der Waals surface area contributed by atoms with Crippen molar-refractivity contribution < 1.29 is 32.4 Å². The molecule has 4 unspecified atom stereocenters. The van der Waals surface area contributed by atoms with Crippen LogP contribution in [0, 0.1) is 0 Å². The molecular weight excluding hydrogens is 522 g/mol. The first kappa shape index (κ1) is 27.3. The fraction of sp³-hybridized carbons (Fsp3) is 0.138. The summed E-state index contributed by atoms with van der Waals surface area (Å²) in [5.74, 6) is 0.408. The van der Waals surface area contributed by atoms with Gasteiger partial charge in [-0.2, -0.15) is 0 Å². The molecule has 0 amide bonds. The molecule has 192 valence electrons. The van der Waals surface area contributed by atoms with Crippen molar-refractivity contribution in [2.24, 2.45) is 0 Å². The van der Waals surface area contributed by atoms with Crippen LogP contribution in [0.5, 0.6) is 11.5 Å². The molecule has 38 heavy (non-hydrogen) atoms. The third-order valence-corrected chi connectivity index (χ3v) is 7.89. The molecule has 4 aromatic carbocycles. The molecule has 0 heterocycles. The summed E-state index contributed by atoms with van der Waals surface area (Å²) in [6.45, 7) is 0. The lowest BCUT2D eigenvalue weighted by molar-refractivity contribution is -0.133. The van der Waals surface area contributed by atoms with Crippen LogP contribution >= 0.6 is 16.1 Å². The standard InChI is InChI=1S/C29H26O7P2/c1-33-23-13-9-11-21(19-23)28(35-37(31)25-15-5-3-6-16-25)27(30)29(22-12-10-14-24(20-22)34-2)36-38(32)26-17-7-4-8-18-26/h3-20,28-29H,1-2H3/q+2. The molecule has 0 fully saturated rings. The van der Waals surface area contributed by atoms with Gasteiger partial charge >= 0.3 is 16.1 Å². The van der Waals surface area contributed by atoms with Crippen LogP contribution in [0.4, 0.5) is 0 Å². The smallest absolute Gasteiger partial charge is 0.497 e. The summed E-state index contributed by atoms with van der Waals surface area (Å²) in [4.78, 5) is 14.2. The summed E-state index contributed by atoms with van der Waals surface area (Å²) in [6, 6.07) is 30.7. The molecule has 0 bridgehead atoms. The molecule has 4 atom stereocenters. The van der Waals surface area contributed by atoms with Gasteiger partial charge in [0.05, 0.1) is 14.2 Å². The van der Waals surface area contributed by atoms with Gasteiger partial charge in [-0.15, -0.1) is 9.05 Å². The second-order valence-electron chi connectivity index (χ2n) is 8.11. The molecule has 0 radical (unpaired) electrons. The summed E-state index contributed by atoms with van der Waals surface area (Å²) in [6.07, 6.45) is -2.63. The SMILES string of the molecule is COc1cccc(C(O[P+](=O)c2ccccc2)C(=O)C(O[P+](=O)c2ccccc2)c2cccc(OC)c2)c1. The van der Waals surface area contributed by atoms with Gasteiger partial charge in [-0.25, -0.2) is 0 Å². The van der Waals surface area contributed by atoms with Crippen molar-refractivity contribution in [3.63, 3.8) is 0 Å². The van der Waals surface area contributed by atoms with Gasteiger partial charge < -0.3 is 9.47 Å². The fourth-order valence-electron chi connectivity index (χ4n) is 3.71. The molecule has 0 aliphatic heterocycles. The Hall–Kier alpha value is -3.73. The maximum Gasteiger partial charge on any atom is 0.549 e. The quantitative estimate of drug-likeness (QED) is 0.194. The molecule has 0 spiro atoms. The van der Waals surface area contributed by atoms with Gasteiger partial charge in [0.25, 0.3) is 0 Å². The number of benzene rings is 4. The molecule has 0 N–H and O–H groups in total. The summed E-state index contributed by atoms with van der Waals surface area (Å²) in [5, 5.41) is 0.856. The molecule has 0 aliphatic rings. The van der Waals surface area contributed by atoms with E-state index in [4.69, 9.17) is 18.5 Å². The molecule has 0 aromatic heterocycles. The number of ether oxygens (including phenoxy) is 2. The van der Waals surface area contributed by atoms with Gasteiger partial charge in [0, 0.05) is 0 Å². The van der Waals surface area contributed by atoms with Crippen molar-refractivity contribution in [1.29, 1.82) is 0 Å². The zero-order valence-electron chi connectivity index (χ0n) is 20.8. The molecule has 4 rings (SSSR count). The van der Waals surface area contributed by atoms with Crippen molar-refractivity contribution in [2.75, 3.05) is 14.2 Å². The van der Waals surface area contributed by atoms with E-state index >= 15 is 0 Å². The first-order chi connectivity index (χ1) is 18.5. The van der Waals surface area contributed by atoms with Crippen molar-refractivity contribution in [3.05, 3.63) is 120 Å². The number of ketones is 1. The van der Waals surface area contributed by atoms with Crippen molar-refractivity contribution >= 4 is 32.4 Å². The van der Waals surface area contributed by atoms with Crippen LogP contribution in [0.3, 0.4) is 0 Å². The zero-order chi connectivity index (χ0) is 26.9. The highest BCUT2D eigenvalue weighted by atomic mass is 31.1. The highest BCUT2D eigenvalue weighted by Gasteiger charge is 2.43. The van der Waals surface area contributed by atoms with Gasteiger partial charge in [-0.1, -0.05) is 60.7 Å². The second kappa shape index (κ2) is 13.2. The maximum atomic E-state index is 14.2. The maximum absolute atomic E-state index is 14.2. The Labute approximate surface area is 223 Å². The minimum atomic E-state index is -2.42. The Morgan fingerprint density at radius 1 is 0.579 bits per heavy atom. The molecule has 0 saturated carbocycles. The van der Waals surface area contributed by atoms with E-state index in [2.05, 4.69) is 0 Å².